The lowest BCUT2D eigenvalue weighted by Gasteiger charge is -2.20. The van der Waals surface area contributed by atoms with E-state index in [-0.39, 0.29) is 6.04 Å². The molecule has 0 aliphatic rings. The lowest BCUT2D eigenvalue weighted by Crippen LogP contribution is -2.18. The highest BCUT2D eigenvalue weighted by Gasteiger charge is 2.14. The first-order valence-corrected chi connectivity index (χ1v) is 7.66. The smallest absolute Gasteiger partial charge is 0.119 e. The van der Waals surface area contributed by atoms with E-state index >= 15 is 0 Å². The van der Waals surface area contributed by atoms with Crippen LogP contribution in [0.25, 0.3) is 0 Å². The average molecular weight is 283 g/mol. The Morgan fingerprint density at radius 3 is 2.29 bits per heavy atom. The second kappa shape index (κ2) is 7.28. The first-order valence-electron chi connectivity index (χ1n) is 7.66. The fourth-order valence-electron chi connectivity index (χ4n) is 2.85. The van der Waals surface area contributed by atoms with Gasteiger partial charge in [0.2, 0.25) is 0 Å². The molecule has 1 N–H and O–H groups in total. The van der Waals surface area contributed by atoms with Gasteiger partial charge in [-0.25, -0.2) is 0 Å². The monoisotopic (exact) mass is 283 g/mol. The number of hydrogen-bond acceptors (Lipinski definition) is 2. The van der Waals surface area contributed by atoms with Crippen LogP contribution >= 0.6 is 0 Å². The van der Waals surface area contributed by atoms with Gasteiger partial charge in [-0.05, 0) is 54.3 Å². The first-order chi connectivity index (χ1) is 10.2. The van der Waals surface area contributed by atoms with Gasteiger partial charge in [0.1, 0.15) is 5.75 Å². The summed E-state index contributed by atoms with van der Waals surface area (Å²) in [6.45, 7) is 4.43. The molecule has 0 saturated carbocycles. The van der Waals surface area contributed by atoms with Gasteiger partial charge in [-0.3, -0.25) is 0 Å². The molecule has 112 valence electrons. The minimum atomic E-state index is 0.191. The van der Waals surface area contributed by atoms with Gasteiger partial charge in [0.15, 0.2) is 0 Å². The molecule has 2 nitrogen and oxygen atoms in total. The summed E-state index contributed by atoms with van der Waals surface area (Å²) < 4.78 is 5.34. The van der Waals surface area contributed by atoms with Crippen LogP contribution in [0, 0.1) is 0 Å². The Morgan fingerprint density at radius 2 is 1.67 bits per heavy atom. The highest BCUT2D eigenvalue weighted by Crippen LogP contribution is 2.27. The Bertz CT molecular complexity index is 592. The van der Waals surface area contributed by atoms with Crippen LogP contribution in [-0.2, 0) is 12.8 Å². The second-order valence-electron chi connectivity index (χ2n) is 5.23. The Morgan fingerprint density at radius 1 is 0.952 bits per heavy atom. The standard InChI is InChI=1S/C19H25NO/c1-5-14-10-11-17(12-15(14)6-2)19(20-3)16-8-7-9-18(13-16)21-4/h7-13,19-20H,5-6H2,1-4H3. The SMILES string of the molecule is CCc1ccc(C(NC)c2cccc(OC)c2)cc1CC. The summed E-state index contributed by atoms with van der Waals surface area (Å²) in [6, 6.07) is 15.3. The number of hydrogen-bond donors (Lipinski definition) is 1. The van der Waals surface area contributed by atoms with Crippen LogP contribution in [0.5, 0.6) is 5.75 Å². The molecule has 0 spiro atoms. The summed E-state index contributed by atoms with van der Waals surface area (Å²) in [5.74, 6) is 0.897. The van der Waals surface area contributed by atoms with Gasteiger partial charge in [-0.2, -0.15) is 0 Å². The predicted octanol–water partition coefficient (Wildman–Crippen LogP) is 4.13. The van der Waals surface area contributed by atoms with Crippen molar-refractivity contribution in [3.8, 4) is 5.75 Å². The number of rotatable bonds is 6. The third-order valence-electron chi connectivity index (χ3n) is 4.04. The molecule has 0 heterocycles. The van der Waals surface area contributed by atoms with Gasteiger partial charge in [0.05, 0.1) is 13.2 Å². The Hall–Kier alpha value is -1.80. The van der Waals surface area contributed by atoms with Crippen molar-refractivity contribution < 1.29 is 4.74 Å². The zero-order valence-corrected chi connectivity index (χ0v) is 13.4. The van der Waals surface area contributed by atoms with Crippen molar-refractivity contribution >= 4 is 0 Å². The normalized spacial score (nSPS) is 12.2. The first kappa shape index (κ1) is 15.6. The molecule has 0 aliphatic carbocycles. The molecular weight excluding hydrogens is 258 g/mol. The number of aryl methyl sites for hydroxylation is 2. The summed E-state index contributed by atoms with van der Waals surface area (Å²) in [5, 5.41) is 3.42. The maximum Gasteiger partial charge on any atom is 0.119 e. The highest BCUT2D eigenvalue weighted by molar-refractivity contribution is 5.40. The molecule has 2 rings (SSSR count). The third-order valence-corrected chi connectivity index (χ3v) is 4.04. The molecule has 0 fully saturated rings. The van der Waals surface area contributed by atoms with Crippen molar-refractivity contribution in [3.05, 3.63) is 64.7 Å². The largest absolute Gasteiger partial charge is 0.497 e. The van der Waals surface area contributed by atoms with Crippen LogP contribution in [0.15, 0.2) is 42.5 Å². The van der Waals surface area contributed by atoms with Gasteiger partial charge in [-0.15, -0.1) is 0 Å². The summed E-state index contributed by atoms with van der Waals surface area (Å²) in [5.41, 5.74) is 5.42. The fourth-order valence-corrected chi connectivity index (χ4v) is 2.85. The molecule has 1 atom stereocenters. The van der Waals surface area contributed by atoms with Gasteiger partial charge >= 0.3 is 0 Å². The van der Waals surface area contributed by atoms with Crippen LogP contribution in [0.4, 0.5) is 0 Å². The lowest BCUT2D eigenvalue weighted by atomic mass is 9.93. The Kier molecular flexibility index (Phi) is 5.40. The molecule has 2 heteroatoms. The Balaban J connectivity index is 2.40. The summed E-state index contributed by atoms with van der Waals surface area (Å²) in [4.78, 5) is 0. The quantitative estimate of drug-likeness (QED) is 0.860. The number of methoxy groups -OCH3 is 1. The van der Waals surface area contributed by atoms with Gasteiger partial charge in [0, 0.05) is 0 Å². The summed E-state index contributed by atoms with van der Waals surface area (Å²) in [7, 11) is 3.71. The van der Waals surface area contributed by atoms with Crippen LogP contribution in [0.1, 0.15) is 42.1 Å². The lowest BCUT2D eigenvalue weighted by molar-refractivity contribution is 0.414. The van der Waals surface area contributed by atoms with E-state index in [1.54, 1.807) is 7.11 Å². The van der Waals surface area contributed by atoms with Crippen molar-refractivity contribution in [2.75, 3.05) is 14.2 Å². The van der Waals surface area contributed by atoms with E-state index in [0.29, 0.717) is 0 Å². The van der Waals surface area contributed by atoms with E-state index in [1.807, 2.05) is 19.2 Å². The molecule has 1 unspecified atom stereocenters. The summed E-state index contributed by atoms with van der Waals surface area (Å²) in [6.07, 6.45) is 2.17. The number of benzene rings is 2. The molecule has 0 radical (unpaired) electrons. The summed E-state index contributed by atoms with van der Waals surface area (Å²) >= 11 is 0. The van der Waals surface area contributed by atoms with Crippen LogP contribution < -0.4 is 10.1 Å². The van der Waals surface area contributed by atoms with Crippen LogP contribution in [0.2, 0.25) is 0 Å². The minimum absolute atomic E-state index is 0.191. The maximum atomic E-state index is 5.34. The Labute approximate surface area is 128 Å². The van der Waals surface area contributed by atoms with E-state index in [0.717, 1.165) is 18.6 Å². The third kappa shape index (κ3) is 3.45. The predicted molar refractivity (Wildman–Crippen MR) is 89.1 cm³/mol. The molecule has 2 aromatic rings. The average Bonchev–Trinajstić information content (AvgIpc) is 2.55. The molecule has 0 aromatic heterocycles. The highest BCUT2D eigenvalue weighted by atomic mass is 16.5. The van der Waals surface area contributed by atoms with E-state index in [2.05, 4.69) is 49.5 Å². The zero-order valence-electron chi connectivity index (χ0n) is 13.4. The molecular formula is C19H25NO. The molecule has 0 amide bonds. The van der Waals surface area contributed by atoms with Gasteiger partial charge < -0.3 is 10.1 Å². The van der Waals surface area contributed by atoms with Gasteiger partial charge in [-0.1, -0.05) is 44.2 Å². The topological polar surface area (TPSA) is 21.3 Å². The van der Waals surface area contributed by atoms with E-state index < -0.39 is 0 Å². The van der Waals surface area contributed by atoms with E-state index in [9.17, 15) is 0 Å². The fraction of sp³-hybridized carbons (Fsp3) is 0.368. The molecule has 21 heavy (non-hydrogen) atoms. The van der Waals surface area contributed by atoms with E-state index in [1.165, 1.54) is 22.3 Å². The van der Waals surface area contributed by atoms with Gasteiger partial charge in [0.25, 0.3) is 0 Å². The van der Waals surface area contributed by atoms with Crippen molar-refractivity contribution in [3.63, 3.8) is 0 Å². The zero-order chi connectivity index (χ0) is 15.2. The van der Waals surface area contributed by atoms with Crippen molar-refractivity contribution in [1.82, 2.24) is 5.32 Å². The maximum absolute atomic E-state index is 5.34. The minimum Gasteiger partial charge on any atom is -0.497 e. The molecule has 0 aliphatic heterocycles. The van der Waals surface area contributed by atoms with Crippen LogP contribution in [-0.4, -0.2) is 14.2 Å². The second-order valence-corrected chi connectivity index (χ2v) is 5.23. The van der Waals surface area contributed by atoms with Crippen LogP contribution in [0.3, 0.4) is 0 Å². The molecule has 2 aromatic carbocycles. The number of nitrogens with one attached hydrogen (secondary N) is 1. The molecule has 0 bridgehead atoms. The van der Waals surface area contributed by atoms with Crippen molar-refractivity contribution in [2.45, 2.75) is 32.7 Å². The number of ether oxygens (including phenoxy) is 1. The van der Waals surface area contributed by atoms with Crippen molar-refractivity contribution in [1.29, 1.82) is 0 Å². The van der Waals surface area contributed by atoms with Crippen molar-refractivity contribution in [2.24, 2.45) is 0 Å². The molecule has 0 saturated heterocycles. The van der Waals surface area contributed by atoms with E-state index in [4.69, 9.17) is 4.74 Å².